The van der Waals surface area contributed by atoms with Crippen LogP contribution in [0.5, 0.6) is 5.75 Å². The van der Waals surface area contributed by atoms with Gasteiger partial charge in [-0.05, 0) is 37.0 Å². The average molecular weight is 335 g/mol. The third kappa shape index (κ3) is 2.88. The molecule has 0 bridgehead atoms. The third-order valence-electron chi connectivity index (χ3n) is 4.82. The molecular formula is C21H21NO3. The van der Waals surface area contributed by atoms with Gasteiger partial charge < -0.3 is 14.1 Å². The van der Waals surface area contributed by atoms with Crippen molar-refractivity contribution in [2.24, 2.45) is 0 Å². The van der Waals surface area contributed by atoms with Gasteiger partial charge >= 0.3 is 5.63 Å². The Labute approximate surface area is 146 Å². The van der Waals surface area contributed by atoms with Crippen molar-refractivity contribution in [3.63, 3.8) is 0 Å². The zero-order valence-corrected chi connectivity index (χ0v) is 14.3. The van der Waals surface area contributed by atoms with Crippen LogP contribution in [-0.4, -0.2) is 20.2 Å². The Morgan fingerprint density at radius 1 is 1.00 bits per heavy atom. The molecule has 0 radical (unpaired) electrons. The van der Waals surface area contributed by atoms with Crippen molar-refractivity contribution in [3.05, 3.63) is 59.0 Å². The van der Waals surface area contributed by atoms with Gasteiger partial charge in [-0.3, -0.25) is 0 Å². The van der Waals surface area contributed by atoms with Crippen molar-refractivity contribution >= 4 is 16.7 Å². The number of methoxy groups -OCH3 is 1. The summed E-state index contributed by atoms with van der Waals surface area (Å²) in [5.41, 5.74) is 2.81. The Morgan fingerprint density at radius 2 is 1.76 bits per heavy atom. The molecule has 128 valence electrons. The van der Waals surface area contributed by atoms with Crippen molar-refractivity contribution in [1.29, 1.82) is 0 Å². The zero-order chi connectivity index (χ0) is 17.2. The lowest BCUT2D eigenvalue weighted by atomic mass is 10.00. The molecule has 3 aromatic rings. The van der Waals surface area contributed by atoms with Crippen LogP contribution >= 0.6 is 0 Å². The highest BCUT2D eigenvalue weighted by Crippen LogP contribution is 2.37. The quantitative estimate of drug-likeness (QED) is 0.663. The molecule has 1 saturated heterocycles. The lowest BCUT2D eigenvalue weighted by Gasteiger charge is -2.31. The number of rotatable bonds is 3. The summed E-state index contributed by atoms with van der Waals surface area (Å²) in [6.07, 6.45) is 3.53. The Hall–Kier alpha value is -2.75. The van der Waals surface area contributed by atoms with E-state index in [1.54, 1.807) is 13.2 Å². The van der Waals surface area contributed by atoms with Crippen LogP contribution in [0.2, 0.25) is 0 Å². The van der Waals surface area contributed by atoms with Crippen LogP contribution < -0.4 is 15.3 Å². The van der Waals surface area contributed by atoms with Gasteiger partial charge in [-0.2, -0.15) is 0 Å². The number of nitrogens with zero attached hydrogens (tertiary/aromatic N) is 1. The summed E-state index contributed by atoms with van der Waals surface area (Å²) in [5.74, 6) is 0.688. The van der Waals surface area contributed by atoms with Crippen LogP contribution in [0.15, 0.2) is 57.7 Å². The molecule has 0 atom stereocenters. The number of ether oxygens (including phenoxy) is 1. The Balaban J connectivity index is 2.02. The van der Waals surface area contributed by atoms with Crippen LogP contribution in [0.3, 0.4) is 0 Å². The molecule has 0 aliphatic carbocycles. The smallest absolute Gasteiger partial charge is 0.346 e. The highest BCUT2D eigenvalue weighted by molar-refractivity contribution is 5.99. The summed E-state index contributed by atoms with van der Waals surface area (Å²) in [7, 11) is 1.61. The molecular weight excluding hydrogens is 314 g/mol. The Bertz CT molecular complexity index is 941. The molecule has 0 saturated carbocycles. The van der Waals surface area contributed by atoms with Gasteiger partial charge in [0.05, 0.1) is 18.4 Å². The minimum Gasteiger partial charge on any atom is -0.497 e. The van der Waals surface area contributed by atoms with E-state index in [0.717, 1.165) is 42.6 Å². The summed E-state index contributed by atoms with van der Waals surface area (Å²) in [6, 6.07) is 15.5. The van der Waals surface area contributed by atoms with Crippen LogP contribution in [0.1, 0.15) is 19.3 Å². The summed E-state index contributed by atoms with van der Waals surface area (Å²) in [6.45, 7) is 1.93. The number of benzene rings is 2. The molecule has 2 heterocycles. The lowest BCUT2D eigenvalue weighted by molar-refractivity contribution is 0.414. The minimum absolute atomic E-state index is 0.299. The molecule has 1 aromatic heterocycles. The van der Waals surface area contributed by atoms with Gasteiger partial charge in [-0.1, -0.05) is 30.3 Å². The predicted octanol–water partition coefficient (Wildman–Crippen LogP) is 4.46. The highest BCUT2D eigenvalue weighted by Gasteiger charge is 2.22. The summed E-state index contributed by atoms with van der Waals surface area (Å²) >= 11 is 0. The molecule has 4 heteroatoms. The van der Waals surface area contributed by atoms with Crippen LogP contribution in [0.4, 0.5) is 5.69 Å². The predicted molar refractivity (Wildman–Crippen MR) is 101 cm³/mol. The molecule has 0 unspecified atom stereocenters. The van der Waals surface area contributed by atoms with E-state index in [1.165, 1.54) is 6.42 Å². The fourth-order valence-corrected chi connectivity index (χ4v) is 3.60. The van der Waals surface area contributed by atoms with E-state index in [9.17, 15) is 4.79 Å². The number of hydrogen-bond acceptors (Lipinski definition) is 4. The van der Waals surface area contributed by atoms with Crippen molar-refractivity contribution in [3.8, 4) is 16.9 Å². The van der Waals surface area contributed by atoms with Gasteiger partial charge in [0.25, 0.3) is 0 Å². The molecule has 0 N–H and O–H groups in total. The van der Waals surface area contributed by atoms with E-state index in [4.69, 9.17) is 9.15 Å². The van der Waals surface area contributed by atoms with E-state index in [1.807, 2.05) is 42.5 Å². The molecule has 1 aliphatic heterocycles. The number of piperidine rings is 1. The van der Waals surface area contributed by atoms with Gasteiger partial charge in [0.1, 0.15) is 11.3 Å². The van der Waals surface area contributed by atoms with Crippen LogP contribution in [0.25, 0.3) is 22.1 Å². The topological polar surface area (TPSA) is 42.7 Å². The fourth-order valence-electron chi connectivity index (χ4n) is 3.60. The highest BCUT2D eigenvalue weighted by atomic mass is 16.5. The normalized spacial score (nSPS) is 14.7. The number of fused-ring (bicyclic) bond motifs is 1. The van der Waals surface area contributed by atoms with Crippen molar-refractivity contribution in [1.82, 2.24) is 0 Å². The first-order chi connectivity index (χ1) is 12.3. The largest absolute Gasteiger partial charge is 0.497 e. The second kappa shape index (κ2) is 6.63. The molecule has 1 fully saturated rings. The Morgan fingerprint density at radius 3 is 2.48 bits per heavy atom. The Kier molecular flexibility index (Phi) is 4.18. The summed E-state index contributed by atoms with van der Waals surface area (Å²) in [4.78, 5) is 15.2. The van der Waals surface area contributed by atoms with E-state index in [-0.39, 0.29) is 5.63 Å². The maximum atomic E-state index is 12.9. The van der Waals surface area contributed by atoms with Gasteiger partial charge in [-0.15, -0.1) is 0 Å². The first-order valence-corrected chi connectivity index (χ1v) is 8.73. The molecule has 25 heavy (non-hydrogen) atoms. The maximum Gasteiger partial charge on any atom is 0.346 e. The number of hydrogen-bond donors (Lipinski definition) is 0. The minimum atomic E-state index is -0.299. The van der Waals surface area contributed by atoms with Crippen LogP contribution in [-0.2, 0) is 0 Å². The second-order valence-corrected chi connectivity index (χ2v) is 6.39. The van der Waals surface area contributed by atoms with Crippen LogP contribution in [0, 0.1) is 0 Å². The van der Waals surface area contributed by atoms with Crippen molar-refractivity contribution < 1.29 is 9.15 Å². The lowest BCUT2D eigenvalue weighted by Crippen LogP contribution is -2.31. The van der Waals surface area contributed by atoms with E-state index in [0.29, 0.717) is 16.9 Å². The standard InChI is InChI=1S/C21H21NO3/c1-24-16-10-11-17-18(14-16)25-21(23)19(15-8-4-2-5-9-15)20(17)22-12-6-3-7-13-22/h2,4-5,8-11,14H,3,6-7,12-13H2,1H3. The number of anilines is 1. The molecule has 4 nitrogen and oxygen atoms in total. The molecule has 2 aromatic carbocycles. The van der Waals surface area contributed by atoms with E-state index < -0.39 is 0 Å². The van der Waals surface area contributed by atoms with Gasteiger partial charge in [-0.25, -0.2) is 4.79 Å². The van der Waals surface area contributed by atoms with Crippen molar-refractivity contribution in [2.75, 3.05) is 25.1 Å². The average Bonchev–Trinajstić information content (AvgIpc) is 2.67. The summed E-state index contributed by atoms with van der Waals surface area (Å²) in [5, 5.41) is 0.959. The molecule has 0 spiro atoms. The molecule has 4 rings (SSSR count). The first kappa shape index (κ1) is 15.8. The monoisotopic (exact) mass is 335 g/mol. The van der Waals surface area contributed by atoms with Gasteiger partial charge in [0.2, 0.25) is 0 Å². The van der Waals surface area contributed by atoms with E-state index in [2.05, 4.69) is 4.90 Å². The fraction of sp³-hybridized carbons (Fsp3) is 0.286. The maximum absolute atomic E-state index is 12.9. The van der Waals surface area contributed by atoms with Gasteiger partial charge in [0, 0.05) is 24.5 Å². The van der Waals surface area contributed by atoms with Gasteiger partial charge in [0.15, 0.2) is 0 Å². The summed E-state index contributed by atoms with van der Waals surface area (Å²) < 4.78 is 10.9. The zero-order valence-electron chi connectivity index (χ0n) is 14.3. The molecule has 1 aliphatic rings. The SMILES string of the molecule is COc1ccc2c(N3CCCCC3)c(-c3ccccc3)c(=O)oc2c1. The first-order valence-electron chi connectivity index (χ1n) is 8.73. The molecule has 0 amide bonds. The third-order valence-corrected chi connectivity index (χ3v) is 4.82. The van der Waals surface area contributed by atoms with E-state index >= 15 is 0 Å². The van der Waals surface area contributed by atoms with Crippen molar-refractivity contribution in [2.45, 2.75) is 19.3 Å². The second-order valence-electron chi connectivity index (χ2n) is 6.39.